The third-order valence-corrected chi connectivity index (χ3v) is 4.83. The van der Waals surface area contributed by atoms with Crippen LogP contribution in [0.25, 0.3) is 0 Å². The second kappa shape index (κ2) is 9.51. The van der Waals surface area contributed by atoms with Crippen molar-refractivity contribution < 1.29 is 74.6 Å². The number of carbonyl (C=O) groups is 3. The number of carboxylic acids is 1. The molecule has 5 atom stereocenters. The van der Waals surface area contributed by atoms with E-state index < -0.39 is 94.2 Å². The molecule has 1 aliphatic rings. The van der Waals surface area contributed by atoms with E-state index in [1.54, 1.807) is 0 Å². The Labute approximate surface area is 193 Å². The monoisotopic (exact) mass is 498 g/mol. The second-order valence-electron chi connectivity index (χ2n) is 7.24. The smallest absolute Gasteiger partial charge is 0.343 e. The molecule has 0 radical (unpaired) electrons. The van der Waals surface area contributed by atoms with Crippen molar-refractivity contribution in [1.29, 1.82) is 0 Å². The molecule has 0 spiro atoms. The molecule has 0 bridgehead atoms. The Kier molecular flexibility index (Phi) is 6.88. The van der Waals surface area contributed by atoms with E-state index >= 15 is 0 Å². The number of aliphatic carboxylic acids is 1. The average molecular weight is 498 g/mol. The topological polar surface area (TPSA) is 261 Å². The molecule has 0 aromatic heterocycles. The maximum absolute atomic E-state index is 12.5. The minimum atomic E-state index is -2.08. The van der Waals surface area contributed by atoms with Crippen molar-refractivity contribution in [3.8, 4) is 34.5 Å². The van der Waals surface area contributed by atoms with Gasteiger partial charge in [-0.05, 0) is 24.3 Å². The summed E-state index contributed by atoms with van der Waals surface area (Å²) in [5.41, 5.74) is -1.11. The summed E-state index contributed by atoms with van der Waals surface area (Å²) in [6.45, 7) is 0. The number of carbonyl (C=O) groups excluding carboxylic acids is 2. The van der Waals surface area contributed by atoms with Gasteiger partial charge in [-0.2, -0.15) is 0 Å². The van der Waals surface area contributed by atoms with E-state index in [0.29, 0.717) is 24.3 Å². The molecule has 1 saturated heterocycles. The second-order valence-corrected chi connectivity index (χ2v) is 7.24. The minimum absolute atomic E-state index is 0.504. The van der Waals surface area contributed by atoms with Crippen LogP contribution in [0.5, 0.6) is 34.5 Å². The SMILES string of the molecule is O=C(Oc1cc(C(=O)OC2OC(C(=O)O)C(O)C(O)C2O)cc(O)c1O)c1cc(O)c(O)c(O)c1. The Morgan fingerprint density at radius 1 is 0.714 bits per heavy atom. The summed E-state index contributed by atoms with van der Waals surface area (Å²) in [6.07, 6.45) is -10.3. The molecule has 188 valence electrons. The Hall–Kier alpha value is -4.31. The number of ether oxygens (including phenoxy) is 3. The standard InChI is InChI=1S/C20H18O15/c21-7-1-5(2-8(22)11(7)24)18(31)33-10-4-6(3-9(23)12(10)25)19(32)35-20-15(28)13(26)14(27)16(34-20)17(29)30/h1-4,13-16,20-28H,(H,29,30). The van der Waals surface area contributed by atoms with Gasteiger partial charge in [0.2, 0.25) is 12.0 Å². The molecule has 2 aromatic carbocycles. The van der Waals surface area contributed by atoms with Crippen LogP contribution in [0.1, 0.15) is 20.7 Å². The van der Waals surface area contributed by atoms with E-state index in [2.05, 4.69) is 0 Å². The summed E-state index contributed by atoms with van der Waals surface area (Å²) < 4.78 is 14.5. The Balaban J connectivity index is 1.84. The molecule has 15 heteroatoms. The lowest BCUT2D eigenvalue weighted by Crippen LogP contribution is -2.60. The fourth-order valence-electron chi connectivity index (χ4n) is 2.99. The van der Waals surface area contributed by atoms with E-state index in [4.69, 9.17) is 19.3 Å². The van der Waals surface area contributed by atoms with Crippen molar-refractivity contribution in [1.82, 2.24) is 0 Å². The summed E-state index contributed by atoms with van der Waals surface area (Å²) in [5, 5.41) is 86.7. The van der Waals surface area contributed by atoms with Crippen molar-refractivity contribution >= 4 is 17.9 Å². The molecule has 35 heavy (non-hydrogen) atoms. The van der Waals surface area contributed by atoms with Crippen molar-refractivity contribution in [3.63, 3.8) is 0 Å². The van der Waals surface area contributed by atoms with Gasteiger partial charge in [-0.3, -0.25) is 0 Å². The molecule has 1 heterocycles. The van der Waals surface area contributed by atoms with Crippen LogP contribution in [0.4, 0.5) is 0 Å². The highest BCUT2D eigenvalue weighted by Crippen LogP contribution is 2.39. The molecule has 2 aromatic rings. The van der Waals surface area contributed by atoms with Gasteiger partial charge < -0.3 is 60.2 Å². The summed E-state index contributed by atoms with van der Waals surface area (Å²) in [6, 6.07) is 2.78. The third-order valence-electron chi connectivity index (χ3n) is 4.83. The summed E-state index contributed by atoms with van der Waals surface area (Å²) in [5.74, 6) is -9.92. The zero-order valence-corrected chi connectivity index (χ0v) is 17.2. The van der Waals surface area contributed by atoms with Crippen LogP contribution in [0, 0.1) is 0 Å². The number of esters is 2. The van der Waals surface area contributed by atoms with Gasteiger partial charge in [0, 0.05) is 0 Å². The van der Waals surface area contributed by atoms with Crippen LogP contribution >= 0.6 is 0 Å². The van der Waals surface area contributed by atoms with Gasteiger partial charge in [-0.15, -0.1) is 0 Å². The van der Waals surface area contributed by atoms with Gasteiger partial charge in [0.25, 0.3) is 0 Å². The number of aromatic hydroxyl groups is 5. The number of aliphatic hydroxyl groups is 3. The van der Waals surface area contributed by atoms with Crippen molar-refractivity contribution in [2.45, 2.75) is 30.7 Å². The maximum atomic E-state index is 12.5. The number of hydrogen-bond donors (Lipinski definition) is 9. The Bertz CT molecular complexity index is 1150. The van der Waals surface area contributed by atoms with E-state index in [1.165, 1.54) is 0 Å². The number of phenols is 5. The highest BCUT2D eigenvalue weighted by atomic mass is 16.7. The fraction of sp³-hybridized carbons (Fsp3) is 0.250. The molecule has 0 aliphatic carbocycles. The van der Waals surface area contributed by atoms with Gasteiger partial charge in [-0.1, -0.05) is 0 Å². The van der Waals surface area contributed by atoms with Crippen LogP contribution < -0.4 is 4.74 Å². The molecule has 3 rings (SSSR count). The molecule has 0 amide bonds. The highest BCUT2D eigenvalue weighted by molar-refractivity contribution is 5.94. The maximum Gasteiger partial charge on any atom is 0.343 e. The molecular weight excluding hydrogens is 480 g/mol. The largest absolute Gasteiger partial charge is 0.504 e. The van der Waals surface area contributed by atoms with Crippen LogP contribution in [0.2, 0.25) is 0 Å². The zero-order valence-electron chi connectivity index (χ0n) is 17.2. The van der Waals surface area contributed by atoms with Crippen molar-refractivity contribution in [2.24, 2.45) is 0 Å². The van der Waals surface area contributed by atoms with Gasteiger partial charge in [-0.25, -0.2) is 14.4 Å². The third kappa shape index (κ3) is 4.97. The fourth-order valence-corrected chi connectivity index (χ4v) is 2.99. The average Bonchev–Trinajstić information content (AvgIpc) is 2.79. The number of benzene rings is 2. The predicted octanol–water partition coefficient (Wildman–Crippen LogP) is -1.52. The number of rotatable bonds is 5. The predicted molar refractivity (Wildman–Crippen MR) is 106 cm³/mol. The summed E-state index contributed by atoms with van der Waals surface area (Å²) in [4.78, 5) is 35.9. The van der Waals surface area contributed by atoms with E-state index in [0.717, 1.165) is 0 Å². The number of aliphatic hydroxyl groups excluding tert-OH is 3. The first-order chi connectivity index (χ1) is 16.3. The van der Waals surface area contributed by atoms with Crippen LogP contribution in [0.15, 0.2) is 24.3 Å². The quantitative estimate of drug-likeness (QED) is 0.129. The summed E-state index contributed by atoms with van der Waals surface area (Å²) >= 11 is 0. The lowest BCUT2D eigenvalue weighted by molar-refractivity contribution is -0.278. The van der Waals surface area contributed by atoms with Crippen LogP contribution in [0.3, 0.4) is 0 Å². The minimum Gasteiger partial charge on any atom is -0.504 e. The van der Waals surface area contributed by atoms with Crippen LogP contribution in [-0.2, 0) is 14.3 Å². The molecule has 1 aliphatic heterocycles. The number of phenolic OH excluding ortho intramolecular Hbond substituents is 5. The van der Waals surface area contributed by atoms with Crippen molar-refractivity contribution in [3.05, 3.63) is 35.4 Å². The van der Waals surface area contributed by atoms with Gasteiger partial charge >= 0.3 is 17.9 Å². The Morgan fingerprint density at radius 3 is 1.77 bits per heavy atom. The Morgan fingerprint density at radius 2 is 1.23 bits per heavy atom. The number of hydrogen-bond acceptors (Lipinski definition) is 14. The molecule has 15 nitrogen and oxygen atoms in total. The molecule has 9 N–H and O–H groups in total. The van der Waals surface area contributed by atoms with Crippen LogP contribution in [-0.4, -0.2) is 94.6 Å². The van der Waals surface area contributed by atoms with E-state index in [1.807, 2.05) is 0 Å². The van der Waals surface area contributed by atoms with Gasteiger partial charge in [0.05, 0.1) is 11.1 Å². The van der Waals surface area contributed by atoms with E-state index in [-0.39, 0.29) is 0 Å². The van der Waals surface area contributed by atoms with Gasteiger partial charge in [0.15, 0.2) is 34.9 Å². The highest BCUT2D eigenvalue weighted by Gasteiger charge is 2.48. The first-order valence-corrected chi connectivity index (χ1v) is 9.48. The zero-order chi connectivity index (χ0) is 26.2. The lowest BCUT2D eigenvalue weighted by atomic mass is 9.99. The lowest BCUT2D eigenvalue weighted by Gasteiger charge is -2.37. The molecule has 1 fully saturated rings. The molecular formula is C20H18O15. The van der Waals surface area contributed by atoms with E-state index in [9.17, 15) is 55.2 Å². The first-order valence-electron chi connectivity index (χ1n) is 9.48. The summed E-state index contributed by atoms with van der Waals surface area (Å²) in [7, 11) is 0. The first kappa shape index (κ1) is 25.3. The molecule has 0 saturated carbocycles. The molecule has 5 unspecified atom stereocenters. The normalized spacial score (nSPS) is 23.9. The van der Waals surface area contributed by atoms with Crippen molar-refractivity contribution in [2.75, 3.05) is 0 Å². The van der Waals surface area contributed by atoms with Gasteiger partial charge in [0.1, 0.15) is 18.3 Å². The number of carboxylic acid groups (broad SMARTS) is 1.